The van der Waals surface area contributed by atoms with Crippen molar-refractivity contribution in [1.29, 1.82) is 0 Å². The summed E-state index contributed by atoms with van der Waals surface area (Å²) in [6, 6.07) is 4.50. The van der Waals surface area contributed by atoms with Crippen molar-refractivity contribution in [2.24, 2.45) is 0 Å². The number of ether oxygens (including phenoxy) is 1. The van der Waals surface area contributed by atoms with Crippen LogP contribution >= 0.6 is 15.9 Å². The summed E-state index contributed by atoms with van der Waals surface area (Å²) in [6.45, 7) is 4.93. The third-order valence-corrected chi connectivity index (χ3v) is 3.88. The highest BCUT2D eigenvalue weighted by Crippen LogP contribution is 2.22. The van der Waals surface area contributed by atoms with E-state index < -0.39 is 23.4 Å². The van der Waals surface area contributed by atoms with E-state index in [2.05, 4.69) is 15.9 Å². The molecule has 0 aliphatic carbocycles. The Morgan fingerprint density at radius 1 is 1.29 bits per heavy atom. The van der Waals surface area contributed by atoms with Crippen LogP contribution in [0.2, 0.25) is 0 Å². The number of carbonyl (C=O) groups excluding carboxylic acids is 2. The van der Waals surface area contributed by atoms with E-state index in [4.69, 9.17) is 9.57 Å². The molecule has 0 aliphatic rings. The second-order valence-corrected chi connectivity index (χ2v) is 6.92. The van der Waals surface area contributed by atoms with Crippen LogP contribution in [0.25, 0.3) is 0 Å². The Hall–Kier alpha value is -1.67. The normalized spacial score (nSPS) is 11.1. The SMILES string of the molecule is CON(C)C(=O)CN(Cc1cccc(F)c1Br)C(=O)OC(C)(C)C. The molecule has 0 atom stereocenters. The van der Waals surface area contributed by atoms with Crippen LogP contribution in [0.4, 0.5) is 9.18 Å². The maximum absolute atomic E-state index is 13.7. The molecule has 24 heavy (non-hydrogen) atoms. The Bertz CT molecular complexity index is 604. The summed E-state index contributed by atoms with van der Waals surface area (Å²) in [4.78, 5) is 30.5. The van der Waals surface area contributed by atoms with E-state index in [1.165, 1.54) is 31.2 Å². The smallest absolute Gasteiger partial charge is 0.411 e. The van der Waals surface area contributed by atoms with Gasteiger partial charge in [-0.25, -0.2) is 14.2 Å². The van der Waals surface area contributed by atoms with Crippen molar-refractivity contribution in [1.82, 2.24) is 9.96 Å². The van der Waals surface area contributed by atoms with E-state index >= 15 is 0 Å². The number of hydroxylamine groups is 2. The van der Waals surface area contributed by atoms with Crippen LogP contribution in [0.3, 0.4) is 0 Å². The highest BCUT2D eigenvalue weighted by Gasteiger charge is 2.26. The topological polar surface area (TPSA) is 59.1 Å². The highest BCUT2D eigenvalue weighted by molar-refractivity contribution is 9.10. The quantitative estimate of drug-likeness (QED) is 0.706. The second kappa shape index (κ2) is 8.43. The molecule has 134 valence electrons. The minimum atomic E-state index is -0.718. The number of halogens is 2. The predicted molar refractivity (Wildman–Crippen MR) is 90.5 cm³/mol. The predicted octanol–water partition coefficient (Wildman–Crippen LogP) is 3.35. The van der Waals surface area contributed by atoms with Crippen LogP contribution in [0, 0.1) is 5.82 Å². The molecule has 0 heterocycles. The van der Waals surface area contributed by atoms with Gasteiger partial charge in [-0.05, 0) is 48.3 Å². The third-order valence-electron chi connectivity index (χ3n) is 3.00. The minimum absolute atomic E-state index is 0.0105. The number of likely N-dealkylation sites (N-methyl/N-ethyl adjacent to an activating group) is 1. The molecule has 0 spiro atoms. The van der Waals surface area contributed by atoms with Crippen molar-refractivity contribution in [3.8, 4) is 0 Å². The van der Waals surface area contributed by atoms with Gasteiger partial charge in [-0.15, -0.1) is 0 Å². The van der Waals surface area contributed by atoms with Crippen molar-refractivity contribution >= 4 is 27.9 Å². The van der Waals surface area contributed by atoms with Gasteiger partial charge in [0.1, 0.15) is 18.0 Å². The molecule has 1 aromatic carbocycles. The number of rotatable bonds is 5. The zero-order chi connectivity index (χ0) is 18.5. The van der Waals surface area contributed by atoms with Crippen molar-refractivity contribution < 1.29 is 23.6 Å². The molecule has 0 bridgehead atoms. The van der Waals surface area contributed by atoms with Gasteiger partial charge >= 0.3 is 6.09 Å². The minimum Gasteiger partial charge on any atom is -0.444 e. The van der Waals surface area contributed by atoms with Crippen LogP contribution in [0.1, 0.15) is 26.3 Å². The molecule has 1 aromatic rings. The lowest BCUT2D eigenvalue weighted by Gasteiger charge is -2.28. The van der Waals surface area contributed by atoms with Crippen molar-refractivity contribution in [3.05, 3.63) is 34.1 Å². The molecular weight excluding hydrogens is 383 g/mol. The molecule has 1 rings (SSSR count). The van der Waals surface area contributed by atoms with Crippen molar-refractivity contribution in [2.45, 2.75) is 32.9 Å². The lowest BCUT2D eigenvalue weighted by atomic mass is 10.2. The number of benzene rings is 1. The summed E-state index contributed by atoms with van der Waals surface area (Å²) in [5, 5.41) is 1.01. The number of carbonyl (C=O) groups is 2. The summed E-state index contributed by atoms with van der Waals surface area (Å²) in [7, 11) is 2.78. The van der Waals surface area contributed by atoms with Crippen molar-refractivity contribution in [2.75, 3.05) is 20.7 Å². The summed E-state index contributed by atoms with van der Waals surface area (Å²) in [5.41, 5.74) is -0.196. The average molecular weight is 405 g/mol. The summed E-state index contributed by atoms with van der Waals surface area (Å²) >= 11 is 3.15. The fraction of sp³-hybridized carbons (Fsp3) is 0.500. The highest BCUT2D eigenvalue weighted by atomic mass is 79.9. The van der Waals surface area contributed by atoms with Gasteiger partial charge in [0.2, 0.25) is 0 Å². The maximum Gasteiger partial charge on any atom is 0.411 e. The molecule has 0 aromatic heterocycles. The van der Waals surface area contributed by atoms with E-state index in [0.29, 0.717) is 5.56 Å². The lowest BCUT2D eigenvalue weighted by Crippen LogP contribution is -2.43. The van der Waals surface area contributed by atoms with E-state index in [1.807, 2.05) is 0 Å². The molecule has 0 saturated heterocycles. The van der Waals surface area contributed by atoms with Gasteiger partial charge in [0, 0.05) is 7.05 Å². The standard InChI is InChI=1S/C16H22BrFN2O4/c1-16(2,3)24-15(22)20(10-13(21)19(4)23-5)9-11-7-6-8-12(18)14(11)17/h6-8H,9-10H2,1-5H3. The fourth-order valence-corrected chi connectivity index (χ4v) is 2.14. The van der Waals surface area contributed by atoms with Crippen LogP contribution in [-0.2, 0) is 20.9 Å². The zero-order valence-electron chi connectivity index (χ0n) is 14.4. The zero-order valence-corrected chi connectivity index (χ0v) is 16.0. The van der Waals surface area contributed by atoms with E-state index in [9.17, 15) is 14.0 Å². The van der Waals surface area contributed by atoms with Gasteiger partial charge in [0.05, 0.1) is 18.1 Å². The first-order chi connectivity index (χ1) is 11.0. The first-order valence-corrected chi connectivity index (χ1v) is 8.06. The number of hydrogen-bond acceptors (Lipinski definition) is 4. The van der Waals surface area contributed by atoms with E-state index in [-0.39, 0.29) is 17.6 Å². The molecule has 2 amide bonds. The van der Waals surface area contributed by atoms with Gasteiger partial charge in [0.25, 0.3) is 5.91 Å². The van der Waals surface area contributed by atoms with E-state index in [1.54, 1.807) is 26.8 Å². The van der Waals surface area contributed by atoms with Crippen LogP contribution in [0.5, 0.6) is 0 Å². The molecule has 8 heteroatoms. The number of hydrogen-bond donors (Lipinski definition) is 0. The Morgan fingerprint density at radius 2 is 1.92 bits per heavy atom. The molecular formula is C16H22BrFN2O4. The third kappa shape index (κ3) is 6.09. The van der Waals surface area contributed by atoms with Gasteiger partial charge < -0.3 is 4.74 Å². The molecule has 0 aliphatic heterocycles. The Kier molecular flexibility index (Phi) is 7.16. The Morgan fingerprint density at radius 3 is 2.46 bits per heavy atom. The fourth-order valence-electron chi connectivity index (χ4n) is 1.75. The molecule has 6 nitrogen and oxygen atoms in total. The number of nitrogens with zero attached hydrogens (tertiary/aromatic N) is 2. The monoisotopic (exact) mass is 404 g/mol. The molecule has 0 radical (unpaired) electrons. The van der Waals surface area contributed by atoms with Gasteiger partial charge in [-0.2, -0.15) is 0 Å². The molecule has 0 unspecified atom stereocenters. The molecule has 0 fully saturated rings. The van der Waals surface area contributed by atoms with Crippen molar-refractivity contribution in [3.63, 3.8) is 0 Å². The molecule has 0 saturated carbocycles. The summed E-state index contributed by atoms with van der Waals surface area (Å²) < 4.78 is 19.2. The van der Waals surface area contributed by atoms with Gasteiger partial charge in [-0.1, -0.05) is 12.1 Å². The Labute approximate surface area is 149 Å². The van der Waals surface area contributed by atoms with Crippen LogP contribution < -0.4 is 0 Å². The average Bonchev–Trinajstić information content (AvgIpc) is 2.48. The first-order valence-electron chi connectivity index (χ1n) is 7.26. The Balaban J connectivity index is 3.02. The summed E-state index contributed by atoms with van der Waals surface area (Å²) in [5.74, 6) is -0.882. The van der Waals surface area contributed by atoms with Crippen LogP contribution in [-0.4, -0.2) is 48.3 Å². The number of amides is 2. The molecule has 0 N–H and O–H groups in total. The maximum atomic E-state index is 13.7. The second-order valence-electron chi connectivity index (χ2n) is 6.12. The first kappa shape index (κ1) is 20.4. The summed E-state index contributed by atoms with van der Waals surface area (Å²) in [6.07, 6.45) is -0.670. The lowest BCUT2D eigenvalue weighted by molar-refractivity contribution is -0.169. The van der Waals surface area contributed by atoms with Gasteiger partial charge in [0.15, 0.2) is 0 Å². The van der Waals surface area contributed by atoms with Crippen LogP contribution in [0.15, 0.2) is 22.7 Å². The largest absolute Gasteiger partial charge is 0.444 e. The van der Waals surface area contributed by atoms with Gasteiger partial charge in [-0.3, -0.25) is 14.5 Å². The van der Waals surface area contributed by atoms with E-state index in [0.717, 1.165) is 5.06 Å².